The van der Waals surface area contributed by atoms with Gasteiger partial charge in [0.1, 0.15) is 17.7 Å². The smallest absolute Gasteiger partial charge is 0.270 e. The van der Waals surface area contributed by atoms with Gasteiger partial charge in [-0.15, -0.1) is 0 Å². The normalized spacial score (nSPS) is 10.5. The number of carbonyl (C=O) groups is 1. The number of aromatic nitrogens is 2. The first-order valence-corrected chi connectivity index (χ1v) is 6.53. The maximum absolute atomic E-state index is 12.2. The molecule has 0 aliphatic rings. The number of fused-ring (bicyclic) bond motifs is 1. The van der Waals surface area contributed by atoms with Crippen molar-refractivity contribution >= 4 is 22.5 Å². The third kappa shape index (κ3) is 2.69. The Balaban J connectivity index is 1.87. The van der Waals surface area contributed by atoms with Crippen molar-refractivity contribution in [3.8, 4) is 0 Å². The Morgan fingerprint density at radius 2 is 2.14 bits per heavy atom. The van der Waals surface area contributed by atoms with Crippen LogP contribution in [-0.4, -0.2) is 23.1 Å². The van der Waals surface area contributed by atoms with Crippen molar-refractivity contribution in [1.29, 1.82) is 0 Å². The van der Waals surface area contributed by atoms with Crippen LogP contribution in [0.2, 0.25) is 0 Å². The largest absolute Gasteiger partial charge is 0.388 e. The molecule has 0 radical (unpaired) electrons. The van der Waals surface area contributed by atoms with Gasteiger partial charge in [-0.2, -0.15) is 0 Å². The zero-order valence-electron chi connectivity index (χ0n) is 11.5. The fraction of sp³-hybridized carbons (Fsp3) is 0.133. The lowest BCUT2D eigenvalue weighted by Crippen LogP contribution is -2.24. The second-order valence-electron chi connectivity index (χ2n) is 4.50. The monoisotopic (exact) mass is 282 g/mol. The zero-order chi connectivity index (χ0) is 14.7. The molecule has 3 rings (SSSR count). The van der Waals surface area contributed by atoms with E-state index in [9.17, 15) is 4.79 Å². The SMILES string of the molecule is CNc1cc(C(=O)NCc2ccon2)nc2ccccc12. The fourth-order valence-electron chi connectivity index (χ4n) is 2.09. The Labute approximate surface area is 121 Å². The predicted molar refractivity (Wildman–Crippen MR) is 79.0 cm³/mol. The van der Waals surface area contributed by atoms with E-state index in [-0.39, 0.29) is 5.91 Å². The molecule has 3 aromatic rings. The second-order valence-corrected chi connectivity index (χ2v) is 4.50. The quantitative estimate of drug-likeness (QED) is 0.766. The van der Waals surface area contributed by atoms with Crippen LogP contribution in [-0.2, 0) is 6.54 Å². The van der Waals surface area contributed by atoms with Crippen LogP contribution < -0.4 is 10.6 Å². The van der Waals surface area contributed by atoms with Crippen molar-refractivity contribution < 1.29 is 9.32 Å². The van der Waals surface area contributed by atoms with Gasteiger partial charge >= 0.3 is 0 Å². The number of amides is 1. The number of hydrogen-bond acceptors (Lipinski definition) is 5. The first kappa shape index (κ1) is 13.1. The first-order chi connectivity index (χ1) is 10.3. The van der Waals surface area contributed by atoms with Crippen LogP contribution in [0.5, 0.6) is 0 Å². The van der Waals surface area contributed by atoms with Crippen molar-refractivity contribution in [2.75, 3.05) is 12.4 Å². The molecule has 0 saturated heterocycles. The van der Waals surface area contributed by atoms with Gasteiger partial charge in [0, 0.05) is 24.2 Å². The minimum absolute atomic E-state index is 0.250. The molecule has 2 heterocycles. The third-order valence-corrected chi connectivity index (χ3v) is 3.14. The van der Waals surface area contributed by atoms with E-state index in [1.807, 2.05) is 31.3 Å². The average molecular weight is 282 g/mol. The average Bonchev–Trinajstić information content (AvgIpc) is 3.04. The number of pyridine rings is 1. The summed E-state index contributed by atoms with van der Waals surface area (Å²) in [5, 5.41) is 10.6. The van der Waals surface area contributed by atoms with Gasteiger partial charge in [-0.3, -0.25) is 4.79 Å². The van der Waals surface area contributed by atoms with Gasteiger partial charge in [0.15, 0.2) is 0 Å². The van der Waals surface area contributed by atoms with Crippen LogP contribution in [0.3, 0.4) is 0 Å². The molecule has 0 aliphatic heterocycles. The summed E-state index contributed by atoms with van der Waals surface area (Å²) in [5.41, 5.74) is 2.67. The molecule has 0 atom stereocenters. The summed E-state index contributed by atoms with van der Waals surface area (Å²) in [4.78, 5) is 16.6. The van der Waals surface area contributed by atoms with Gasteiger partial charge in [0.25, 0.3) is 5.91 Å². The van der Waals surface area contributed by atoms with E-state index in [1.54, 1.807) is 12.1 Å². The molecule has 1 amide bonds. The highest BCUT2D eigenvalue weighted by Gasteiger charge is 2.11. The minimum atomic E-state index is -0.250. The zero-order valence-corrected chi connectivity index (χ0v) is 11.5. The van der Waals surface area contributed by atoms with Crippen LogP contribution in [0.25, 0.3) is 10.9 Å². The molecular formula is C15H14N4O2. The van der Waals surface area contributed by atoms with Gasteiger partial charge in [-0.05, 0) is 12.1 Å². The highest BCUT2D eigenvalue weighted by molar-refractivity contribution is 5.99. The number of nitrogens with zero attached hydrogens (tertiary/aromatic N) is 2. The van der Waals surface area contributed by atoms with Crippen LogP contribution in [0.1, 0.15) is 16.2 Å². The van der Waals surface area contributed by atoms with Gasteiger partial charge in [-0.1, -0.05) is 23.4 Å². The van der Waals surface area contributed by atoms with Crippen molar-refractivity contribution in [3.05, 3.63) is 54.0 Å². The molecule has 0 unspecified atom stereocenters. The van der Waals surface area contributed by atoms with Crippen molar-refractivity contribution in [3.63, 3.8) is 0 Å². The van der Waals surface area contributed by atoms with Crippen LogP contribution in [0, 0.1) is 0 Å². The predicted octanol–water partition coefficient (Wildman–Crippen LogP) is 2.19. The van der Waals surface area contributed by atoms with Gasteiger partial charge in [-0.25, -0.2) is 4.98 Å². The highest BCUT2D eigenvalue weighted by atomic mass is 16.5. The molecule has 6 heteroatoms. The fourth-order valence-corrected chi connectivity index (χ4v) is 2.09. The number of nitrogens with one attached hydrogen (secondary N) is 2. The minimum Gasteiger partial charge on any atom is -0.388 e. The third-order valence-electron chi connectivity index (χ3n) is 3.14. The van der Waals surface area contributed by atoms with E-state index >= 15 is 0 Å². The molecule has 106 valence electrons. The molecule has 2 N–H and O–H groups in total. The van der Waals surface area contributed by atoms with E-state index in [2.05, 4.69) is 20.8 Å². The molecule has 0 bridgehead atoms. The molecule has 0 spiro atoms. The number of benzene rings is 1. The van der Waals surface area contributed by atoms with E-state index < -0.39 is 0 Å². The lowest BCUT2D eigenvalue weighted by Gasteiger charge is -2.09. The Morgan fingerprint density at radius 1 is 1.29 bits per heavy atom. The molecule has 21 heavy (non-hydrogen) atoms. The van der Waals surface area contributed by atoms with E-state index in [4.69, 9.17) is 4.52 Å². The maximum atomic E-state index is 12.2. The van der Waals surface area contributed by atoms with Crippen molar-refractivity contribution in [2.24, 2.45) is 0 Å². The molecular weight excluding hydrogens is 268 g/mol. The molecule has 0 aliphatic carbocycles. The van der Waals surface area contributed by atoms with Gasteiger partial charge < -0.3 is 15.2 Å². The number of rotatable bonds is 4. The number of anilines is 1. The summed E-state index contributed by atoms with van der Waals surface area (Å²) in [7, 11) is 1.82. The summed E-state index contributed by atoms with van der Waals surface area (Å²) >= 11 is 0. The number of para-hydroxylation sites is 1. The summed E-state index contributed by atoms with van der Waals surface area (Å²) in [6, 6.07) is 11.1. The van der Waals surface area contributed by atoms with Crippen molar-refractivity contribution in [1.82, 2.24) is 15.5 Å². The highest BCUT2D eigenvalue weighted by Crippen LogP contribution is 2.22. The first-order valence-electron chi connectivity index (χ1n) is 6.53. The van der Waals surface area contributed by atoms with Crippen molar-refractivity contribution in [2.45, 2.75) is 6.54 Å². The van der Waals surface area contributed by atoms with Gasteiger partial charge in [0.2, 0.25) is 0 Å². The van der Waals surface area contributed by atoms with Crippen LogP contribution in [0.4, 0.5) is 5.69 Å². The standard InChI is InChI=1S/C15H14N4O2/c1-16-13-8-14(18-12-5-3-2-4-11(12)13)15(20)17-9-10-6-7-21-19-10/h2-8H,9H2,1H3,(H,16,18)(H,17,20). The van der Waals surface area contributed by atoms with E-state index in [0.717, 1.165) is 16.6 Å². The molecule has 0 fully saturated rings. The molecule has 0 saturated carbocycles. The Morgan fingerprint density at radius 3 is 2.90 bits per heavy atom. The molecule has 6 nitrogen and oxygen atoms in total. The summed E-state index contributed by atoms with van der Waals surface area (Å²) in [6.07, 6.45) is 1.47. The maximum Gasteiger partial charge on any atom is 0.270 e. The van der Waals surface area contributed by atoms with E-state index in [0.29, 0.717) is 17.9 Å². The molecule has 1 aromatic carbocycles. The number of carbonyl (C=O) groups excluding carboxylic acids is 1. The van der Waals surface area contributed by atoms with Crippen LogP contribution >= 0.6 is 0 Å². The lowest BCUT2D eigenvalue weighted by atomic mass is 10.1. The summed E-state index contributed by atoms with van der Waals surface area (Å²) < 4.78 is 4.72. The van der Waals surface area contributed by atoms with E-state index in [1.165, 1.54) is 6.26 Å². The molecule has 2 aromatic heterocycles. The Kier molecular flexibility index (Phi) is 3.51. The second kappa shape index (κ2) is 5.62. The van der Waals surface area contributed by atoms with Gasteiger partial charge in [0.05, 0.1) is 12.1 Å². The van der Waals surface area contributed by atoms with Crippen LogP contribution in [0.15, 0.2) is 47.2 Å². The summed E-state index contributed by atoms with van der Waals surface area (Å²) in [5.74, 6) is -0.250. The Bertz CT molecular complexity index is 768. The summed E-state index contributed by atoms with van der Waals surface area (Å²) in [6.45, 7) is 0.304. The Hall–Kier alpha value is -2.89. The lowest BCUT2D eigenvalue weighted by molar-refractivity contribution is 0.0945. The number of hydrogen-bond donors (Lipinski definition) is 2. The topological polar surface area (TPSA) is 80.0 Å².